The number of carbonyl (C=O) groups is 1. The number of benzene rings is 4. The molecule has 0 aliphatic heterocycles. The van der Waals surface area contributed by atoms with Gasteiger partial charge in [0.25, 0.3) is 15.9 Å². The summed E-state index contributed by atoms with van der Waals surface area (Å²) < 4.78 is 35.4. The first-order valence-electron chi connectivity index (χ1n) is 11.8. The maximum Gasteiger partial charge on any atom is 0.268 e. The van der Waals surface area contributed by atoms with Crippen molar-refractivity contribution in [3.63, 3.8) is 0 Å². The van der Waals surface area contributed by atoms with Gasteiger partial charge in [-0.15, -0.1) is 0 Å². The van der Waals surface area contributed by atoms with Crippen molar-refractivity contribution in [1.29, 1.82) is 0 Å². The molecule has 186 valence electrons. The summed E-state index contributed by atoms with van der Waals surface area (Å²) in [6.45, 7) is 0.799. The van der Waals surface area contributed by atoms with E-state index in [4.69, 9.17) is 4.74 Å². The summed E-state index contributed by atoms with van der Waals surface area (Å²) >= 11 is 0. The first-order valence-corrected chi connectivity index (χ1v) is 13.3. The summed E-state index contributed by atoms with van der Waals surface area (Å²) in [6.07, 6.45) is 4.15. The lowest BCUT2D eigenvalue weighted by atomic mass is 10.1. The van der Waals surface area contributed by atoms with Gasteiger partial charge in [0.05, 0.1) is 23.6 Å². The van der Waals surface area contributed by atoms with Gasteiger partial charge in [-0.25, -0.2) is 13.1 Å². The summed E-state index contributed by atoms with van der Waals surface area (Å²) in [5.74, 6) is -0.443. The van der Waals surface area contributed by atoms with E-state index in [1.54, 1.807) is 47.3 Å². The molecule has 4 aromatic carbocycles. The third kappa shape index (κ3) is 5.87. The van der Waals surface area contributed by atoms with Gasteiger partial charge >= 0.3 is 0 Å². The van der Waals surface area contributed by atoms with Gasteiger partial charge in [0.2, 0.25) is 0 Å². The van der Waals surface area contributed by atoms with Gasteiger partial charge in [-0.3, -0.25) is 9.48 Å². The van der Waals surface area contributed by atoms with Crippen LogP contribution in [0.15, 0.2) is 114 Å². The van der Waals surface area contributed by atoms with E-state index in [9.17, 15) is 13.2 Å². The highest BCUT2D eigenvalue weighted by molar-refractivity contribution is 7.90. The van der Waals surface area contributed by atoms with E-state index < -0.39 is 15.9 Å². The number of ether oxygens (including phenoxy) is 1. The van der Waals surface area contributed by atoms with E-state index in [0.717, 1.165) is 21.9 Å². The van der Waals surface area contributed by atoms with Gasteiger partial charge in [-0.05, 0) is 52.2 Å². The van der Waals surface area contributed by atoms with Crippen molar-refractivity contribution in [3.8, 4) is 5.75 Å². The zero-order valence-corrected chi connectivity index (χ0v) is 20.8. The number of rotatable bonds is 9. The van der Waals surface area contributed by atoms with Crippen LogP contribution < -0.4 is 9.46 Å². The van der Waals surface area contributed by atoms with Crippen LogP contribution in [-0.2, 0) is 23.0 Å². The molecule has 0 radical (unpaired) electrons. The fourth-order valence-electron chi connectivity index (χ4n) is 4.06. The third-order valence-electron chi connectivity index (χ3n) is 5.94. The third-order valence-corrected chi connectivity index (χ3v) is 7.28. The Morgan fingerprint density at radius 2 is 1.59 bits per heavy atom. The molecule has 0 atom stereocenters. The Morgan fingerprint density at radius 1 is 0.838 bits per heavy atom. The summed E-state index contributed by atoms with van der Waals surface area (Å²) in [7, 11) is -4.03. The van der Waals surface area contributed by atoms with Crippen LogP contribution in [0.2, 0.25) is 0 Å². The Labute approximate surface area is 215 Å². The largest absolute Gasteiger partial charge is 0.492 e. The zero-order chi connectivity index (χ0) is 25.7. The van der Waals surface area contributed by atoms with Crippen LogP contribution in [0.3, 0.4) is 0 Å². The van der Waals surface area contributed by atoms with Gasteiger partial charge in [0, 0.05) is 18.8 Å². The minimum absolute atomic E-state index is 0.0115. The van der Waals surface area contributed by atoms with Crippen molar-refractivity contribution in [3.05, 3.63) is 126 Å². The highest BCUT2D eigenvalue weighted by Crippen LogP contribution is 2.23. The maximum absolute atomic E-state index is 13.1. The Bertz CT molecular complexity index is 1630. The molecule has 1 amide bonds. The molecule has 0 aliphatic carbocycles. The Balaban J connectivity index is 1.37. The van der Waals surface area contributed by atoms with Crippen molar-refractivity contribution >= 4 is 26.7 Å². The lowest BCUT2D eigenvalue weighted by Crippen LogP contribution is -2.31. The Kier molecular flexibility index (Phi) is 7.00. The van der Waals surface area contributed by atoms with Gasteiger partial charge in [0.1, 0.15) is 5.75 Å². The summed E-state index contributed by atoms with van der Waals surface area (Å²) in [5.41, 5.74) is 2.11. The number of hydrogen-bond acceptors (Lipinski definition) is 5. The molecular formula is C29H25N3O4S. The number of hydrogen-bond donors (Lipinski definition) is 1. The van der Waals surface area contributed by atoms with E-state index in [-0.39, 0.29) is 10.5 Å². The summed E-state index contributed by atoms with van der Waals surface area (Å²) in [6, 6.07) is 29.1. The van der Waals surface area contributed by atoms with Gasteiger partial charge < -0.3 is 4.74 Å². The molecule has 1 heterocycles. The highest BCUT2D eigenvalue weighted by atomic mass is 32.2. The van der Waals surface area contributed by atoms with Crippen LogP contribution in [0.5, 0.6) is 5.75 Å². The predicted octanol–water partition coefficient (Wildman–Crippen LogP) is 4.82. The smallest absolute Gasteiger partial charge is 0.268 e. The summed E-state index contributed by atoms with van der Waals surface area (Å²) in [4.78, 5) is 13.1. The van der Waals surface area contributed by atoms with Crippen LogP contribution in [0.1, 0.15) is 21.5 Å². The van der Waals surface area contributed by atoms with E-state index in [1.165, 1.54) is 12.1 Å². The number of aromatic nitrogens is 2. The number of sulfonamides is 1. The monoisotopic (exact) mass is 511 g/mol. The lowest BCUT2D eigenvalue weighted by molar-refractivity contribution is 0.0977. The molecule has 0 bridgehead atoms. The van der Waals surface area contributed by atoms with Crippen molar-refractivity contribution in [2.24, 2.45) is 0 Å². The molecule has 5 aromatic rings. The Hall–Kier alpha value is -4.43. The van der Waals surface area contributed by atoms with Gasteiger partial charge in [-0.2, -0.15) is 5.10 Å². The first-order chi connectivity index (χ1) is 18.0. The first kappa shape index (κ1) is 24.3. The second-order valence-electron chi connectivity index (χ2n) is 8.56. The fourth-order valence-corrected chi connectivity index (χ4v) is 5.05. The van der Waals surface area contributed by atoms with Crippen LogP contribution in [0.4, 0.5) is 0 Å². The maximum atomic E-state index is 13.1. The van der Waals surface area contributed by atoms with Crippen LogP contribution in [0.25, 0.3) is 10.8 Å². The molecular weight excluding hydrogens is 486 g/mol. The van der Waals surface area contributed by atoms with E-state index >= 15 is 0 Å². The van der Waals surface area contributed by atoms with Crippen LogP contribution in [-0.4, -0.2) is 30.7 Å². The molecule has 5 rings (SSSR count). The molecule has 37 heavy (non-hydrogen) atoms. The lowest BCUT2D eigenvalue weighted by Gasteiger charge is -2.14. The van der Waals surface area contributed by atoms with E-state index in [0.29, 0.717) is 25.3 Å². The van der Waals surface area contributed by atoms with Crippen LogP contribution in [0, 0.1) is 0 Å². The minimum Gasteiger partial charge on any atom is -0.492 e. The van der Waals surface area contributed by atoms with E-state index in [1.807, 2.05) is 24.4 Å². The summed E-state index contributed by atoms with van der Waals surface area (Å²) in [5, 5.41) is 6.53. The average Bonchev–Trinajstić information content (AvgIpc) is 3.42. The van der Waals surface area contributed by atoms with Crippen molar-refractivity contribution in [2.45, 2.75) is 17.9 Å². The molecule has 0 saturated carbocycles. The Morgan fingerprint density at radius 3 is 2.38 bits per heavy atom. The van der Waals surface area contributed by atoms with Crippen molar-refractivity contribution in [1.82, 2.24) is 14.5 Å². The number of nitrogens with zero attached hydrogens (tertiary/aromatic N) is 2. The van der Waals surface area contributed by atoms with Crippen molar-refractivity contribution in [2.75, 3.05) is 6.61 Å². The second kappa shape index (κ2) is 10.7. The number of nitrogens with one attached hydrogen (secondary N) is 1. The highest BCUT2D eigenvalue weighted by Gasteiger charge is 2.21. The molecule has 0 fully saturated rings. The topological polar surface area (TPSA) is 90.3 Å². The molecule has 7 nitrogen and oxygen atoms in total. The quantitative estimate of drug-likeness (QED) is 0.306. The van der Waals surface area contributed by atoms with Gasteiger partial charge in [-0.1, -0.05) is 66.7 Å². The minimum atomic E-state index is -4.03. The average molecular weight is 512 g/mol. The number of amides is 1. The predicted molar refractivity (Wildman–Crippen MR) is 142 cm³/mol. The number of carbonyl (C=O) groups excluding carboxylic acids is 1. The van der Waals surface area contributed by atoms with Gasteiger partial charge in [0.15, 0.2) is 0 Å². The molecule has 1 N–H and O–H groups in total. The second-order valence-corrected chi connectivity index (χ2v) is 10.2. The molecule has 0 spiro atoms. The molecule has 0 aliphatic rings. The van der Waals surface area contributed by atoms with Crippen LogP contribution >= 0.6 is 0 Å². The molecule has 1 aromatic heterocycles. The van der Waals surface area contributed by atoms with E-state index in [2.05, 4.69) is 40.2 Å². The molecule has 0 unspecified atom stereocenters. The normalized spacial score (nSPS) is 11.4. The zero-order valence-electron chi connectivity index (χ0n) is 19.9. The SMILES string of the molecule is O=C(NS(=O)(=O)c1ccccc1)c1ccc(Cn2cccn2)cc1OCCc1ccc2ccccc2c1. The molecule has 0 saturated heterocycles. The fraction of sp³-hybridized carbons (Fsp3) is 0.103. The molecule has 8 heteroatoms. The standard InChI is InChI=1S/C29H25N3O4S/c33-29(31-37(34,35)26-9-2-1-3-10-26)27-14-12-23(21-32-17-6-16-30-32)20-28(27)36-18-15-22-11-13-24-7-4-5-8-25(24)19-22/h1-14,16-17,19-20H,15,18,21H2,(H,31,33). The number of fused-ring (bicyclic) bond motifs is 1. The van der Waals surface area contributed by atoms with Crippen molar-refractivity contribution < 1.29 is 17.9 Å².